The summed E-state index contributed by atoms with van der Waals surface area (Å²) in [4.78, 5) is 60.3. The fourth-order valence-corrected chi connectivity index (χ4v) is 2.66. The molecule has 3 N–H and O–H groups in total. The molecular weight excluding hydrogens is 437 g/mol. The van der Waals surface area contributed by atoms with Crippen molar-refractivity contribution in [1.29, 1.82) is 0 Å². The number of hydrogen-bond acceptors (Lipinski definition) is 6. The summed E-state index contributed by atoms with van der Waals surface area (Å²) in [6.45, 7) is 3.32. The quantitative estimate of drug-likeness (QED) is 0.300. The zero-order valence-corrected chi connectivity index (χ0v) is 17.4. The summed E-state index contributed by atoms with van der Waals surface area (Å²) in [5, 5.41) is 6.54. The predicted molar refractivity (Wildman–Crippen MR) is 102 cm³/mol. The maximum absolute atomic E-state index is 13.5. The van der Waals surface area contributed by atoms with Crippen molar-refractivity contribution in [3.63, 3.8) is 0 Å². The summed E-state index contributed by atoms with van der Waals surface area (Å²) in [5.74, 6) is -7.97. The lowest BCUT2D eigenvalue weighted by Crippen LogP contribution is -2.41. The van der Waals surface area contributed by atoms with E-state index < -0.39 is 71.0 Å². The number of nitrogens with zero attached hydrogens (tertiary/aromatic N) is 1. The average Bonchev–Trinajstić information content (AvgIpc) is 2.91. The minimum absolute atomic E-state index is 0.247. The van der Waals surface area contributed by atoms with Gasteiger partial charge < -0.3 is 20.7 Å². The fourth-order valence-electron chi connectivity index (χ4n) is 2.66. The monoisotopic (exact) mass is 458 g/mol. The van der Waals surface area contributed by atoms with Gasteiger partial charge in [0, 0.05) is 6.54 Å². The summed E-state index contributed by atoms with van der Waals surface area (Å²) < 4.78 is 44.5. The Hall–Kier alpha value is -3.64. The van der Waals surface area contributed by atoms with E-state index in [1.165, 1.54) is 20.8 Å². The largest absolute Gasteiger partial charge is 0.452 e. The summed E-state index contributed by atoms with van der Waals surface area (Å²) in [7, 11) is 0. The number of carbonyl (C=O) groups is 5. The third-order valence-corrected chi connectivity index (χ3v) is 4.39. The van der Waals surface area contributed by atoms with Crippen molar-refractivity contribution in [2.75, 3.05) is 18.4 Å². The molecule has 1 unspecified atom stereocenters. The number of hydrogen-bond donors (Lipinski definition) is 3. The van der Waals surface area contributed by atoms with Gasteiger partial charge in [-0.15, -0.1) is 0 Å². The maximum atomic E-state index is 13.5. The highest BCUT2D eigenvalue weighted by Crippen LogP contribution is 2.19. The van der Waals surface area contributed by atoms with Gasteiger partial charge in [0.05, 0.1) is 18.7 Å². The number of nitrogens with one attached hydrogen (secondary N) is 3. The summed E-state index contributed by atoms with van der Waals surface area (Å²) >= 11 is 0. The lowest BCUT2D eigenvalue weighted by molar-refractivity contribution is -0.155. The van der Waals surface area contributed by atoms with Gasteiger partial charge >= 0.3 is 12.0 Å². The molecular formula is C19H21F3N4O6. The molecule has 0 aliphatic carbocycles. The SMILES string of the molecule is CC(OC(=O)CCN1C(=O)NC(C)(C)C1=O)C(=O)NCC(=O)Nc1ccc(F)c(F)c1F. The molecule has 32 heavy (non-hydrogen) atoms. The van der Waals surface area contributed by atoms with Crippen LogP contribution in [0.1, 0.15) is 27.2 Å². The van der Waals surface area contributed by atoms with E-state index in [0.717, 1.165) is 11.0 Å². The van der Waals surface area contributed by atoms with Gasteiger partial charge in [-0.2, -0.15) is 0 Å². The highest BCUT2D eigenvalue weighted by molar-refractivity contribution is 6.06. The molecule has 13 heteroatoms. The van der Waals surface area contributed by atoms with Crippen LogP contribution in [0.3, 0.4) is 0 Å². The van der Waals surface area contributed by atoms with Crippen LogP contribution in [0.15, 0.2) is 12.1 Å². The van der Waals surface area contributed by atoms with Crippen molar-refractivity contribution in [3.05, 3.63) is 29.6 Å². The van der Waals surface area contributed by atoms with Gasteiger partial charge in [0.2, 0.25) is 5.91 Å². The van der Waals surface area contributed by atoms with E-state index in [9.17, 15) is 37.1 Å². The van der Waals surface area contributed by atoms with Crippen molar-refractivity contribution in [2.45, 2.75) is 38.8 Å². The molecule has 1 atom stereocenters. The zero-order valence-electron chi connectivity index (χ0n) is 17.4. The number of rotatable bonds is 8. The van der Waals surface area contributed by atoms with Crippen molar-refractivity contribution >= 4 is 35.4 Å². The number of carbonyl (C=O) groups excluding carboxylic acids is 5. The Bertz CT molecular complexity index is 969. The molecule has 1 heterocycles. The first-order valence-electron chi connectivity index (χ1n) is 9.38. The molecule has 1 fully saturated rings. The Morgan fingerprint density at radius 2 is 1.81 bits per heavy atom. The van der Waals surface area contributed by atoms with Crippen LogP contribution in [0.5, 0.6) is 0 Å². The number of esters is 1. The van der Waals surface area contributed by atoms with Crippen LogP contribution in [-0.2, 0) is 23.9 Å². The Morgan fingerprint density at radius 3 is 2.41 bits per heavy atom. The lowest BCUT2D eigenvalue weighted by Gasteiger charge is -2.17. The van der Waals surface area contributed by atoms with E-state index in [2.05, 4.69) is 10.6 Å². The third-order valence-electron chi connectivity index (χ3n) is 4.39. The molecule has 174 valence electrons. The van der Waals surface area contributed by atoms with Gasteiger partial charge in [0.15, 0.2) is 23.6 Å². The molecule has 2 rings (SSSR count). The standard InChI is InChI=1S/C19H21F3N4O6/c1-9(32-13(28)6-7-26-17(30)19(2,3)25-18(26)31)16(29)23-8-12(27)24-11-5-4-10(20)14(21)15(11)22/h4-5,9H,6-8H2,1-3H3,(H,23,29)(H,24,27)(H,25,31). The van der Waals surface area contributed by atoms with Gasteiger partial charge in [-0.3, -0.25) is 24.1 Å². The number of urea groups is 1. The van der Waals surface area contributed by atoms with Crippen molar-refractivity contribution in [1.82, 2.24) is 15.5 Å². The molecule has 10 nitrogen and oxygen atoms in total. The molecule has 0 bridgehead atoms. The topological polar surface area (TPSA) is 134 Å². The van der Waals surface area contributed by atoms with Crippen molar-refractivity contribution in [3.8, 4) is 0 Å². The molecule has 0 saturated carbocycles. The summed E-state index contributed by atoms with van der Waals surface area (Å²) in [6.07, 6.45) is -1.68. The Kier molecular flexibility index (Phi) is 7.44. The van der Waals surface area contributed by atoms with E-state index in [4.69, 9.17) is 4.74 Å². The minimum atomic E-state index is -1.76. The fraction of sp³-hybridized carbons (Fsp3) is 0.421. The van der Waals surface area contributed by atoms with E-state index >= 15 is 0 Å². The van der Waals surface area contributed by atoms with Crippen molar-refractivity contribution < 1.29 is 41.9 Å². The van der Waals surface area contributed by atoms with E-state index in [1.807, 2.05) is 5.32 Å². The second-order valence-corrected chi connectivity index (χ2v) is 7.38. The van der Waals surface area contributed by atoms with E-state index in [1.54, 1.807) is 0 Å². The number of amides is 5. The van der Waals surface area contributed by atoms with Gasteiger partial charge in [-0.25, -0.2) is 18.0 Å². The van der Waals surface area contributed by atoms with Crippen LogP contribution < -0.4 is 16.0 Å². The van der Waals surface area contributed by atoms with Gasteiger partial charge in [0.1, 0.15) is 5.54 Å². The minimum Gasteiger partial charge on any atom is -0.452 e. The smallest absolute Gasteiger partial charge is 0.325 e. The average molecular weight is 458 g/mol. The molecule has 0 spiro atoms. The summed E-state index contributed by atoms with van der Waals surface area (Å²) in [6, 6.07) is 0.779. The first kappa shape index (κ1) is 24.6. The highest BCUT2D eigenvalue weighted by Gasteiger charge is 2.44. The second-order valence-electron chi connectivity index (χ2n) is 7.38. The number of ether oxygens (including phenoxy) is 1. The number of imide groups is 1. The zero-order chi connectivity index (χ0) is 24.2. The lowest BCUT2D eigenvalue weighted by atomic mass is 10.1. The molecule has 1 saturated heterocycles. The number of halogens is 3. The van der Waals surface area contributed by atoms with Crippen LogP contribution in [0, 0.1) is 17.5 Å². The third kappa shape index (κ3) is 5.74. The number of anilines is 1. The number of benzene rings is 1. The Morgan fingerprint density at radius 1 is 1.16 bits per heavy atom. The summed E-state index contributed by atoms with van der Waals surface area (Å²) in [5.41, 5.74) is -1.71. The predicted octanol–water partition coefficient (Wildman–Crippen LogP) is 0.811. The van der Waals surface area contributed by atoms with E-state index in [-0.39, 0.29) is 13.0 Å². The molecule has 1 aliphatic heterocycles. The van der Waals surface area contributed by atoms with Crippen LogP contribution in [0.4, 0.5) is 23.7 Å². The normalized spacial score (nSPS) is 15.8. The van der Waals surface area contributed by atoms with Crippen LogP contribution in [0.2, 0.25) is 0 Å². The Labute approximate surface area is 180 Å². The first-order valence-corrected chi connectivity index (χ1v) is 9.38. The van der Waals surface area contributed by atoms with Gasteiger partial charge in [-0.1, -0.05) is 0 Å². The second kappa shape index (κ2) is 9.66. The molecule has 0 aromatic heterocycles. The van der Waals surface area contributed by atoms with E-state index in [0.29, 0.717) is 6.07 Å². The molecule has 1 aromatic rings. The molecule has 1 aromatic carbocycles. The molecule has 5 amide bonds. The molecule has 0 radical (unpaired) electrons. The van der Waals surface area contributed by atoms with Crippen molar-refractivity contribution in [2.24, 2.45) is 0 Å². The first-order chi connectivity index (χ1) is 14.8. The molecule has 1 aliphatic rings. The van der Waals surface area contributed by atoms with Crippen LogP contribution in [0.25, 0.3) is 0 Å². The Balaban J connectivity index is 1.77. The van der Waals surface area contributed by atoms with Crippen LogP contribution in [-0.4, -0.2) is 59.4 Å². The van der Waals surface area contributed by atoms with Crippen LogP contribution >= 0.6 is 0 Å². The highest BCUT2D eigenvalue weighted by atomic mass is 19.2. The van der Waals surface area contributed by atoms with Gasteiger partial charge in [0.25, 0.3) is 11.8 Å². The van der Waals surface area contributed by atoms with Gasteiger partial charge in [-0.05, 0) is 32.9 Å². The maximum Gasteiger partial charge on any atom is 0.325 e.